The SMILES string of the molecule is CCOC(=O)C1=C(c2ccccc2)N=c2s/c(=C/c3ccc(N4CCCC4)cc3C)c(=O)n2[C@@H]1c1ccc(C(C)C)cc1. The zero-order valence-electron chi connectivity index (χ0n) is 25.2. The minimum absolute atomic E-state index is 0.168. The summed E-state index contributed by atoms with van der Waals surface area (Å²) in [7, 11) is 0. The molecule has 3 heterocycles. The van der Waals surface area contributed by atoms with Gasteiger partial charge in [-0.2, -0.15) is 0 Å². The van der Waals surface area contributed by atoms with E-state index in [0.717, 1.165) is 35.3 Å². The fourth-order valence-electron chi connectivity index (χ4n) is 5.95. The van der Waals surface area contributed by atoms with Gasteiger partial charge in [0, 0.05) is 24.3 Å². The van der Waals surface area contributed by atoms with Crippen LogP contribution in [-0.4, -0.2) is 30.2 Å². The van der Waals surface area contributed by atoms with E-state index in [2.05, 4.69) is 56.0 Å². The van der Waals surface area contributed by atoms with E-state index in [0.29, 0.717) is 26.5 Å². The highest BCUT2D eigenvalue weighted by atomic mass is 32.1. The maximum atomic E-state index is 14.2. The summed E-state index contributed by atoms with van der Waals surface area (Å²) in [4.78, 5) is 35.9. The number of benzene rings is 3. The molecule has 0 saturated carbocycles. The van der Waals surface area contributed by atoms with Gasteiger partial charge in [-0.05, 0) is 73.1 Å². The standard InChI is InChI=1S/C36H37N3O3S/c1-5-42-35(41)31-32(26-11-7-6-8-12-26)37-36-39(33(31)27-15-13-25(14-16-27)23(2)3)34(40)30(43-36)22-28-17-18-29(21-24(28)4)38-19-9-10-20-38/h6-8,11-18,21-23,33H,5,9-10,19-20H2,1-4H3/b30-22+/t33-/m1/s1. The van der Waals surface area contributed by atoms with Gasteiger partial charge in [-0.15, -0.1) is 0 Å². The molecule has 1 aromatic heterocycles. The lowest BCUT2D eigenvalue weighted by Gasteiger charge is -2.26. The molecular formula is C36H37N3O3S. The topological polar surface area (TPSA) is 63.9 Å². The van der Waals surface area contributed by atoms with Gasteiger partial charge in [0.15, 0.2) is 4.80 Å². The maximum absolute atomic E-state index is 14.2. The van der Waals surface area contributed by atoms with E-state index in [1.807, 2.05) is 48.5 Å². The molecule has 0 N–H and O–H groups in total. The Bertz CT molecular complexity index is 1860. The molecule has 1 fully saturated rings. The Morgan fingerprint density at radius 3 is 2.42 bits per heavy atom. The summed E-state index contributed by atoms with van der Waals surface area (Å²) in [5.41, 5.74) is 6.92. The van der Waals surface area contributed by atoms with Crippen LogP contribution < -0.4 is 19.8 Å². The predicted molar refractivity (Wildman–Crippen MR) is 174 cm³/mol. The first-order valence-corrected chi connectivity index (χ1v) is 15.9. The molecule has 220 valence electrons. The van der Waals surface area contributed by atoms with Gasteiger partial charge in [0.05, 0.1) is 28.5 Å². The lowest BCUT2D eigenvalue weighted by molar-refractivity contribution is -0.138. The van der Waals surface area contributed by atoms with Gasteiger partial charge in [-0.1, -0.05) is 85.8 Å². The molecule has 2 aliphatic rings. The van der Waals surface area contributed by atoms with Crippen LogP contribution in [0, 0.1) is 6.92 Å². The Hall–Kier alpha value is -4.23. The van der Waals surface area contributed by atoms with E-state index in [1.165, 1.54) is 35.4 Å². The second kappa shape index (κ2) is 12.2. The van der Waals surface area contributed by atoms with Crippen LogP contribution in [0.5, 0.6) is 0 Å². The molecule has 7 heteroatoms. The monoisotopic (exact) mass is 591 g/mol. The molecule has 1 saturated heterocycles. The van der Waals surface area contributed by atoms with E-state index in [-0.39, 0.29) is 12.2 Å². The van der Waals surface area contributed by atoms with Crippen molar-refractivity contribution in [1.29, 1.82) is 0 Å². The molecule has 0 spiro atoms. The maximum Gasteiger partial charge on any atom is 0.338 e. The van der Waals surface area contributed by atoms with E-state index >= 15 is 0 Å². The van der Waals surface area contributed by atoms with Crippen molar-refractivity contribution >= 4 is 34.8 Å². The minimum atomic E-state index is -0.674. The van der Waals surface area contributed by atoms with Gasteiger partial charge in [0.2, 0.25) is 0 Å². The van der Waals surface area contributed by atoms with E-state index in [1.54, 1.807) is 11.5 Å². The molecule has 2 aliphatic heterocycles. The van der Waals surface area contributed by atoms with Crippen molar-refractivity contribution in [2.45, 2.75) is 52.5 Å². The molecule has 0 amide bonds. The number of fused-ring (bicyclic) bond motifs is 1. The summed E-state index contributed by atoms with van der Waals surface area (Å²) < 4.78 is 7.85. The fraction of sp³-hybridized carbons (Fsp3) is 0.306. The molecule has 6 rings (SSSR count). The van der Waals surface area contributed by atoms with Gasteiger partial charge >= 0.3 is 5.97 Å². The number of carbonyl (C=O) groups excluding carboxylic acids is 1. The predicted octanol–water partition coefficient (Wildman–Crippen LogP) is 5.97. The highest BCUT2D eigenvalue weighted by Crippen LogP contribution is 2.35. The number of rotatable bonds is 7. The van der Waals surface area contributed by atoms with Gasteiger partial charge < -0.3 is 9.64 Å². The molecular weight excluding hydrogens is 554 g/mol. The molecule has 0 bridgehead atoms. The summed E-state index contributed by atoms with van der Waals surface area (Å²) in [6.45, 7) is 10.6. The minimum Gasteiger partial charge on any atom is -0.463 e. The molecule has 3 aromatic carbocycles. The number of ether oxygens (including phenoxy) is 1. The Labute approximate surface area is 256 Å². The van der Waals surface area contributed by atoms with Crippen LogP contribution in [0.4, 0.5) is 5.69 Å². The van der Waals surface area contributed by atoms with Crippen LogP contribution in [0.3, 0.4) is 0 Å². The first-order valence-electron chi connectivity index (χ1n) is 15.1. The Balaban J connectivity index is 1.56. The molecule has 0 radical (unpaired) electrons. The summed E-state index contributed by atoms with van der Waals surface area (Å²) >= 11 is 1.36. The fourth-order valence-corrected chi connectivity index (χ4v) is 6.95. The zero-order chi connectivity index (χ0) is 30.1. The third-order valence-corrected chi connectivity index (χ3v) is 9.29. The van der Waals surface area contributed by atoms with Gasteiger partial charge in [-0.25, -0.2) is 9.79 Å². The second-order valence-electron chi connectivity index (χ2n) is 11.5. The molecule has 4 aromatic rings. The zero-order valence-corrected chi connectivity index (χ0v) is 26.0. The van der Waals surface area contributed by atoms with Crippen LogP contribution >= 0.6 is 11.3 Å². The van der Waals surface area contributed by atoms with Crippen LogP contribution in [0.1, 0.15) is 73.4 Å². The number of hydrogen-bond donors (Lipinski definition) is 0. The number of thiazole rings is 1. The van der Waals surface area contributed by atoms with Crippen LogP contribution in [0.25, 0.3) is 11.8 Å². The third kappa shape index (κ3) is 5.62. The average Bonchev–Trinajstić information content (AvgIpc) is 3.66. The summed E-state index contributed by atoms with van der Waals surface area (Å²) in [6, 6.07) is 23.6. The lowest BCUT2D eigenvalue weighted by atomic mass is 9.91. The van der Waals surface area contributed by atoms with E-state index in [4.69, 9.17) is 9.73 Å². The van der Waals surface area contributed by atoms with E-state index in [9.17, 15) is 9.59 Å². The van der Waals surface area contributed by atoms with Crippen LogP contribution in [0.2, 0.25) is 0 Å². The van der Waals surface area contributed by atoms with Crippen LogP contribution in [0.15, 0.2) is 88.2 Å². The highest BCUT2D eigenvalue weighted by molar-refractivity contribution is 7.07. The van der Waals surface area contributed by atoms with Crippen molar-refractivity contribution in [3.05, 3.63) is 126 Å². The molecule has 0 unspecified atom stereocenters. The smallest absolute Gasteiger partial charge is 0.338 e. The van der Waals surface area contributed by atoms with Crippen molar-refractivity contribution in [2.24, 2.45) is 4.99 Å². The molecule has 43 heavy (non-hydrogen) atoms. The summed E-state index contributed by atoms with van der Waals surface area (Å²) in [5, 5.41) is 0. The molecule has 6 nitrogen and oxygen atoms in total. The molecule has 1 atom stereocenters. The van der Waals surface area contributed by atoms with Crippen molar-refractivity contribution in [2.75, 3.05) is 24.6 Å². The largest absolute Gasteiger partial charge is 0.463 e. The van der Waals surface area contributed by atoms with Gasteiger partial charge in [-0.3, -0.25) is 9.36 Å². The third-order valence-electron chi connectivity index (χ3n) is 8.30. The number of aromatic nitrogens is 1. The van der Waals surface area contributed by atoms with Crippen molar-refractivity contribution in [3.8, 4) is 0 Å². The lowest BCUT2D eigenvalue weighted by Crippen LogP contribution is -2.40. The highest BCUT2D eigenvalue weighted by Gasteiger charge is 2.35. The number of aryl methyl sites for hydroxylation is 1. The second-order valence-corrected chi connectivity index (χ2v) is 12.5. The number of esters is 1. The van der Waals surface area contributed by atoms with Crippen molar-refractivity contribution in [3.63, 3.8) is 0 Å². The van der Waals surface area contributed by atoms with Crippen molar-refractivity contribution in [1.82, 2.24) is 4.57 Å². The Kier molecular flexibility index (Phi) is 8.17. The Morgan fingerprint density at radius 1 is 1.05 bits per heavy atom. The number of hydrogen-bond acceptors (Lipinski definition) is 6. The molecule has 0 aliphatic carbocycles. The quantitative estimate of drug-likeness (QED) is 0.249. The normalized spacial score (nSPS) is 16.9. The number of carbonyl (C=O) groups is 1. The summed E-state index contributed by atoms with van der Waals surface area (Å²) in [5.74, 6) is -0.109. The van der Waals surface area contributed by atoms with E-state index < -0.39 is 12.0 Å². The van der Waals surface area contributed by atoms with Crippen LogP contribution in [-0.2, 0) is 9.53 Å². The Morgan fingerprint density at radius 2 is 1.77 bits per heavy atom. The first-order chi connectivity index (χ1) is 20.9. The summed E-state index contributed by atoms with van der Waals surface area (Å²) in [6.07, 6.45) is 4.41. The number of anilines is 1. The van der Waals surface area contributed by atoms with Crippen molar-refractivity contribution < 1.29 is 9.53 Å². The average molecular weight is 592 g/mol. The van der Waals surface area contributed by atoms with Gasteiger partial charge in [0.1, 0.15) is 0 Å². The first kappa shape index (κ1) is 28.9. The van der Waals surface area contributed by atoms with Gasteiger partial charge in [0.25, 0.3) is 5.56 Å². The number of nitrogens with zero attached hydrogens (tertiary/aromatic N) is 3.